The Morgan fingerprint density at radius 1 is 1.03 bits per heavy atom. The molecule has 1 aromatic heterocycles. The lowest BCUT2D eigenvalue weighted by Gasteiger charge is -2.23. The van der Waals surface area contributed by atoms with E-state index >= 15 is 0 Å². The number of hydrogen-bond acceptors (Lipinski definition) is 5. The summed E-state index contributed by atoms with van der Waals surface area (Å²) in [6.07, 6.45) is 2.59. The Morgan fingerprint density at radius 2 is 1.75 bits per heavy atom. The first-order valence-electron chi connectivity index (χ1n) is 12.2. The zero-order valence-corrected chi connectivity index (χ0v) is 20.6. The van der Waals surface area contributed by atoms with Crippen molar-refractivity contribution in [3.63, 3.8) is 0 Å². The number of nitrogens with one attached hydrogen (secondary N) is 2. The van der Waals surface area contributed by atoms with Gasteiger partial charge in [-0.3, -0.25) is 9.59 Å². The summed E-state index contributed by atoms with van der Waals surface area (Å²) in [6, 6.07) is 18.7. The molecule has 1 amide bonds. The first kappa shape index (κ1) is 25.5. The summed E-state index contributed by atoms with van der Waals surface area (Å²) in [5, 5.41) is 25.3. The molecule has 1 unspecified atom stereocenters. The molecule has 7 nitrogen and oxygen atoms in total. The lowest BCUT2D eigenvalue weighted by molar-refractivity contribution is -0.125. The molecule has 186 valence electrons. The number of amides is 1. The number of Topliss-reactive ketones (excluding diaryl/α,β-unsaturated/α-hetero) is 1. The van der Waals surface area contributed by atoms with Gasteiger partial charge in [-0.2, -0.15) is 0 Å². The number of aromatic amines is 1. The van der Waals surface area contributed by atoms with E-state index in [1.807, 2.05) is 68.6 Å². The monoisotopic (exact) mass is 485 g/mol. The predicted molar refractivity (Wildman–Crippen MR) is 144 cm³/mol. The second-order valence-electron chi connectivity index (χ2n) is 9.87. The molecule has 4 aromatic rings. The second-order valence-corrected chi connectivity index (χ2v) is 9.87. The van der Waals surface area contributed by atoms with Gasteiger partial charge in [0.2, 0.25) is 5.91 Å². The van der Waals surface area contributed by atoms with Gasteiger partial charge >= 0.3 is 7.12 Å². The fraction of sp³-hybridized carbons (Fsp3) is 0.286. The number of ketones is 1. The molecule has 36 heavy (non-hydrogen) atoms. The molecule has 4 rings (SSSR count). The van der Waals surface area contributed by atoms with Crippen LogP contribution in [0.4, 0.5) is 5.69 Å². The molecule has 6 N–H and O–H groups in total. The van der Waals surface area contributed by atoms with E-state index in [0.717, 1.165) is 27.2 Å². The highest BCUT2D eigenvalue weighted by molar-refractivity contribution is 6.43. The van der Waals surface area contributed by atoms with E-state index in [1.165, 1.54) is 0 Å². The van der Waals surface area contributed by atoms with Crippen molar-refractivity contribution in [3.8, 4) is 0 Å². The van der Waals surface area contributed by atoms with Crippen LogP contribution in [-0.4, -0.2) is 39.8 Å². The number of fused-ring (bicyclic) bond motifs is 2. The second kappa shape index (κ2) is 11.0. The Morgan fingerprint density at radius 3 is 2.50 bits per heavy atom. The third kappa shape index (κ3) is 5.95. The molecule has 3 aromatic carbocycles. The number of hydrogen-bond donors (Lipinski definition) is 5. The highest BCUT2D eigenvalue weighted by Gasteiger charge is 2.31. The molecule has 0 fully saturated rings. The number of nitrogens with two attached hydrogens (primary N) is 1. The zero-order chi connectivity index (χ0) is 25.8. The van der Waals surface area contributed by atoms with E-state index in [2.05, 4.69) is 10.3 Å². The van der Waals surface area contributed by atoms with E-state index in [9.17, 15) is 19.6 Å². The maximum absolute atomic E-state index is 13.4. The minimum absolute atomic E-state index is 0.0122. The average Bonchev–Trinajstić information content (AvgIpc) is 3.25. The molecule has 0 aliphatic carbocycles. The Balaban J connectivity index is 1.60. The summed E-state index contributed by atoms with van der Waals surface area (Å²) in [4.78, 5) is 30.0. The standard InChI is InChI=1S/C28H32BN3O4/c1-17(2)11-27(29(35)36)32-28(34)21(13-22-16-31-25-6-4-3-5-24(22)25)15-26(33)20-8-7-19-14-23(30)10-9-18(19)12-20/h3-10,12,14,16-17,21,27,31,35-36H,11,13,15,30H2,1-2H3,(H,32,34)/t21?,27-/m0/s1. The van der Waals surface area contributed by atoms with Gasteiger partial charge in [0.25, 0.3) is 0 Å². The van der Waals surface area contributed by atoms with Crippen molar-refractivity contribution in [1.82, 2.24) is 10.3 Å². The zero-order valence-electron chi connectivity index (χ0n) is 20.6. The fourth-order valence-electron chi connectivity index (χ4n) is 4.67. The molecule has 0 saturated carbocycles. The van der Waals surface area contributed by atoms with Crippen LogP contribution in [0.3, 0.4) is 0 Å². The molecule has 2 atom stereocenters. The van der Waals surface area contributed by atoms with Crippen LogP contribution in [0, 0.1) is 11.8 Å². The van der Waals surface area contributed by atoms with Gasteiger partial charge in [-0.15, -0.1) is 0 Å². The van der Waals surface area contributed by atoms with Crippen LogP contribution in [0.5, 0.6) is 0 Å². The lowest BCUT2D eigenvalue weighted by Crippen LogP contribution is -2.49. The first-order chi connectivity index (χ1) is 17.2. The molecule has 0 spiro atoms. The molecule has 8 heteroatoms. The van der Waals surface area contributed by atoms with Gasteiger partial charge < -0.3 is 26.1 Å². The molecular formula is C28H32BN3O4. The predicted octanol–water partition coefficient (Wildman–Crippen LogP) is 3.88. The smallest absolute Gasteiger partial charge is 0.426 e. The van der Waals surface area contributed by atoms with Crippen molar-refractivity contribution >= 4 is 46.2 Å². The quantitative estimate of drug-likeness (QED) is 0.132. The van der Waals surface area contributed by atoms with E-state index in [0.29, 0.717) is 24.1 Å². The van der Waals surface area contributed by atoms with Crippen molar-refractivity contribution < 1.29 is 19.6 Å². The van der Waals surface area contributed by atoms with Crippen LogP contribution in [0.25, 0.3) is 21.7 Å². The number of nitrogen functional groups attached to an aromatic ring is 1. The summed E-state index contributed by atoms with van der Waals surface area (Å²) >= 11 is 0. The normalized spacial score (nSPS) is 13.1. The van der Waals surface area contributed by atoms with Crippen LogP contribution in [0.1, 0.15) is 42.6 Å². The van der Waals surface area contributed by atoms with E-state index in [4.69, 9.17) is 5.73 Å². The van der Waals surface area contributed by atoms with Gasteiger partial charge in [-0.25, -0.2) is 0 Å². The Kier molecular flexibility index (Phi) is 7.77. The van der Waals surface area contributed by atoms with Crippen LogP contribution in [0.2, 0.25) is 0 Å². The summed E-state index contributed by atoms with van der Waals surface area (Å²) in [5.74, 6) is -1.88. The van der Waals surface area contributed by atoms with Crippen LogP contribution in [0.15, 0.2) is 66.9 Å². The van der Waals surface area contributed by atoms with Crippen molar-refractivity contribution in [3.05, 3.63) is 78.0 Å². The number of para-hydroxylation sites is 1. The van der Waals surface area contributed by atoms with Gasteiger partial charge in [0.05, 0.1) is 5.94 Å². The number of carbonyl (C=O) groups excluding carboxylic acids is 2. The number of anilines is 1. The summed E-state index contributed by atoms with van der Waals surface area (Å²) in [6.45, 7) is 3.89. The molecule has 0 aliphatic rings. The SMILES string of the molecule is CC(C)C[C@H](NC(=O)C(CC(=O)c1ccc2cc(N)ccc2c1)Cc1c[nH]c2ccccc12)B(O)O. The number of rotatable bonds is 10. The van der Waals surface area contributed by atoms with Gasteiger partial charge in [-0.1, -0.05) is 50.2 Å². The minimum Gasteiger partial charge on any atom is -0.426 e. The van der Waals surface area contributed by atoms with Gasteiger partial charge in [0.1, 0.15) is 0 Å². The highest BCUT2D eigenvalue weighted by Crippen LogP contribution is 2.25. The largest absolute Gasteiger partial charge is 0.475 e. The van der Waals surface area contributed by atoms with Crippen molar-refractivity contribution in [2.45, 2.75) is 39.1 Å². The van der Waals surface area contributed by atoms with Gasteiger partial charge in [-0.05, 0) is 59.4 Å². The van der Waals surface area contributed by atoms with Crippen LogP contribution in [-0.2, 0) is 11.2 Å². The minimum atomic E-state index is -1.69. The molecule has 0 saturated heterocycles. The van der Waals surface area contributed by atoms with Crippen LogP contribution >= 0.6 is 0 Å². The Hall–Kier alpha value is -3.62. The number of carbonyl (C=O) groups is 2. The summed E-state index contributed by atoms with van der Waals surface area (Å²) < 4.78 is 0. The molecule has 0 aliphatic heterocycles. The molecular weight excluding hydrogens is 453 g/mol. The van der Waals surface area contributed by atoms with Crippen molar-refractivity contribution in [1.29, 1.82) is 0 Å². The van der Waals surface area contributed by atoms with E-state index < -0.39 is 19.0 Å². The van der Waals surface area contributed by atoms with Crippen LogP contribution < -0.4 is 11.1 Å². The number of benzene rings is 3. The molecule has 0 bridgehead atoms. The Labute approximate surface area is 210 Å². The molecule has 1 heterocycles. The highest BCUT2D eigenvalue weighted by atomic mass is 16.4. The fourth-order valence-corrected chi connectivity index (χ4v) is 4.67. The lowest BCUT2D eigenvalue weighted by atomic mass is 9.74. The van der Waals surface area contributed by atoms with Crippen molar-refractivity contribution in [2.24, 2.45) is 11.8 Å². The average molecular weight is 485 g/mol. The van der Waals surface area contributed by atoms with Crippen molar-refractivity contribution in [2.75, 3.05) is 5.73 Å². The van der Waals surface area contributed by atoms with E-state index in [1.54, 1.807) is 12.1 Å². The summed E-state index contributed by atoms with van der Waals surface area (Å²) in [7, 11) is -1.69. The third-order valence-corrected chi connectivity index (χ3v) is 6.54. The maximum atomic E-state index is 13.4. The molecule has 0 radical (unpaired) electrons. The van der Waals surface area contributed by atoms with E-state index in [-0.39, 0.29) is 24.0 Å². The topological polar surface area (TPSA) is 128 Å². The van der Waals surface area contributed by atoms with Gasteiger partial charge in [0, 0.05) is 40.7 Å². The summed E-state index contributed by atoms with van der Waals surface area (Å²) in [5.41, 5.74) is 8.92. The Bertz CT molecular complexity index is 1380. The maximum Gasteiger partial charge on any atom is 0.475 e. The third-order valence-electron chi connectivity index (χ3n) is 6.54. The number of H-pyrrole nitrogens is 1. The van der Waals surface area contributed by atoms with Gasteiger partial charge in [0.15, 0.2) is 5.78 Å². The number of aromatic nitrogens is 1. The first-order valence-corrected chi connectivity index (χ1v) is 12.2.